The van der Waals surface area contributed by atoms with E-state index in [2.05, 4.69) is 34.6 Å². The SMILES string of the molecule is CN(C)CCCNc1nc2ccc(Nc3ccccc3C(=O)O)cc2s1. The van der Waals surface area contributed by atoms with Crippen LogP contribution in [-0.2, 0) is 0 Å². The van der Waals surface area contributed by atoms with Crippen LogP contribution in [0.15, 0.2) is 42.5 Å². The smallest absolute Gasteiger partial charge is 0.337 e. The number of hydrogen-bond acceptors (Lipinski definition) is 6. The third kappa shape index (κ3) is 4.50. The van der Waals surface area contributed by atoms with Gasteiger partial charge < -0.3 is 20.6 Å². The van der Waals surface area contributed by atoms with Crippen molar-refractivity contribution in [2.24, 2.45) is 0 Å². The Kier molecular flexibility index (Phi) is 5.70. The molecule has 0 amide bonds. The number of carbonyl (C=O) groups is 1. The standard InChI is InChI=1S/C19H22N4O2S/c1-23(2)11-5-10-20-19-22-16-9-8-13(12-17(16)26-19)21-15-7-4-3-6-14(15)18(24)25/h3-4,6-9,12,21H,5,10-11H2,1-2H3,(H,20,22)(H,24,25). The summed E-state index contributed by atoms with van der Waals surface area (Å²) in [7, 11) is 4.13. The molecular weight excluding hydrogens is 348 g/mol. The number of carboxylic acid groups (broad SMARTS) is 1. The average Bonchev–Trinajstić information content (AvgIpc) is 3.01. The molecule has 0 fully saturated rings. The summed E-state index contributed by atoms with van der Waals surface area (Å²) in [6, 6.07) is 12.7. The van der Waals surface area contributed by atoms with Crippen molar-refractivity contribution in [3.63, 3.8) is 0 Å². The van der Waals surface area contributed by atoms with Gasteiger partial charge in [-0.3, -0.25) is 0 Å². The summed E-state index contributed by atoms with van der Waals surface area (Å²) in [5, 5.41) is 16.8. The fourth-order valence-electron chi connectivity index (χ4n) is 2.60. The number of anilines is 3. The molecular formula is C19H22N4O2S. The molecule has 0 saturated heterocycles. The number of aromatic nitrogens is 1. The molecule has 0 radical (unpaired) electrons. The van der Waals surface area contributed by atoms with E-state index in [0.717, 1.165) is 40.5 Å². The Morgan fingerprint density at radius 3 is 2.81 bits per heavy atom. The van der Waals surface area contributed by atoms with E-state index in [1.165, 1.54) is 0 Å². The fraction of sp³-hybridized carbons (Fsp3) is 0.263. The normalized spacial score (nSPS) is 11.0. The molecule has 0 aliphatic heterocycles. The molecule has 3 rings (SSSR count). The van der Waals surface area contributed by atoms with E-state index in [1.807, 2.05) is 24.3 Å². The molecule has 26 heavy (non-hydrogen) atoms. The van der Waals surface area contributed by atoms with Gasteiger partial charge in [0.2, 0.25) is 0 Å². The molecule has 0 unspecified atom stereocenters. The summed E-state index contributed by atoms with van der Waals surface area (Å²) < 4.78 is 1.05. The van der Waals surface area contributed by atoms with E-state index in [0.29, 0.717) is 5.69 Å². The zero-order valence-corrected chi connectivity index (χ0v) is 15.6. The lowest BCUT2D eigenvalue weighted by molar-refractivity contribution is 0.0698. The van der Waals surface area contributed by atoms with E-state index in [1.54, 1.807) is 29.5 Å². The number of nitrogens with one attached hydrogen (secondary N) is 2. The van der Waals surface area contributed by atoms with Gasteiger partial charge in [-0.2, -0.15) is 0 Å². The van der Waals surface area contributed by atoms with Crippen LogP contribution in [0, 0.1) is 0 Å². The van der Waals surface area contributed by atoms with Gasteiger partial charge in [0.1, 0.15) is 0 Å². The minimum atomic E-state index is -0.948. The molecule has 1 aromatic heterocycles. The largest absolute Gasteiger partial charge is 0.478 e. The molecule has 3 aromatic rings. The molecule has 0 bridgehead atoms. The molecule has 0 atom stereocenters. The third-order valence-electron chi connectivity index (χ3n) is 3.88. The summed E-state index contributed by atoms with van der Waals surface area (Å²) in [6.07, 6.45) is 1.06. The van der Waals surface area contributed by atoms with E-state index in [-0.39, 0.29) is 5.56 Å². The Morgan fingerprint density at radius 2 is 2.04 bits per heavy atom. The monoisotopic (exact) mass is 370 g/mol. The van der Waals surface area contributed by atoms with Crippen molar-refractivity contribution >= 4 is 44.0 Å². The molecule has 136 valence electrons. The number of thiazole rings is 1. The first-order chi connectivity index (χ1) is 12.5. The minimum absolute atomic E-state index is 0.250. The minimum Gasteiger partial charge on any atom is -0.478 e. The van der Waals surface area contributed by atoms with Gasteiger partial charge in [0.05, 0.1) is 21.5 Å². The van der Waals surface area contributed by atoms with Crippen LogP contribution >= 0.6 is 11.3 Å². The quantitative estimate of drug-likeness (QED) is 0.518. The molecule has 3 N–H and O–H groups in total. The van der Waals surface area contributed by atoms with Crippen LogP contribution < -0.4 is 10.6 Å². The van der Waals surface area contributed by atoms with Crippen LogP contribution in [0.2, 0.25) is 0 Å². The van der Waals surface area contributed by atoms with Crippen molar-refractivity contribution in [1.29, 1.82) is 0 Å². The number of para-hydroxylation sites is 1. The molecule has 0 spiro atoms. The first kappa shape index (κ1) is 18.2. The Balaban J connectivity index is 1.72. The highest BCUT2D eigenvalue weighted by Crippen LogP contribution is 2.30. The number of benzene rings is 2. The molecule has 7 heteroatoms. The molecule has 6 nitrogen and oxygen atoms in total. The Morgan fingerprint density at radius 1 is 1.23 bits per heavy atom. The maximum absolute atomic E-state index is 11.3. The van der Waals surface area contributed by atoms with Crippen LogP contribution in [0.3, 0.4) is 0 Å². The summed E-state index contributed by atoms with van der Waals surface area (Å²) in [5.41, 5.74) is 2.60. The van der Waals surface area contributed by atoms with E-state index in [4.69, 9.17) is 0 Å². The Bertz CT molecular complexity index is 907. The predicted molar refractivity (Wildman–Crippen MR) is 108 cm³/mol. The van der Waals surface area contributed by atoms with Gasteiger partial charge in [-0.15, -0.1) is 0 Å². The molecule has 0 aliphatic rings. The van der Waals surface area contributed by atoms with E-state index >= 15 is 0 Å². The lowest BCUT2D eigenvalue weighted by atomic mass is 10.1. The number of hydrogen-bond donors (Lipinski definition) is 3. The van der Waals surface area contributed by atoms with Crippen LogP contribution in [0.5, 0.6) is 0 Å². The number of fused-ring (bicyclic) bond motifs is 1. The second kappa shape index (κ2) is 8.16. The summed E-state index contributed by atoms with van der Waals surface area (Å²) in [6.45, 7) is 1.92. The Hall–Kier alpha value is -2.64. The highest BCUT2D eigenvalue weighted by Gasteiger charge is 2.10. The van der Waals surface area contributed by atoms with Gasteiger partial charge in [-0.05, 0) is 57.4 Å². The number of carboxylic acids is 1. The van der Waals surface area contributed by atoms with E-state index in [9.17, 15) is 9.90 Å². The molecule has 0 saturated carbocycles. The second-order valence-electron chi connectivity index (χ2n) is 6.26. The number of rotatable bonds is 8. The van der Waals surface area contributed by atoms with Crippen molar-refractivity contribution < 1.29 is 9.90 Å². The average molecular weight is 370 g/mol. The maximum Gasteiger partial charge on any atom is 0.337 e. The number of nitrogens with zero attached hydrogens (tertiary/aromatic N) is 2. The zero-order chi connectivity index (χ0) is 18.5. The summed E-state index contributed by atoms with van der Waals surface area (Å²) in [5.74, 6) is -0.948. The maximum atomic E-state index is 11.3. The number of aromatic carboxylic acids is 1. The van der Waals surface area contributed by atoms with Gasteiger partial charge in [0.25, 0.3) is 0 Å². The van der Waals surface area contributed by atoms with Crippen LogP contribution in [-0.4, -0.2) is 48.1 Å². The third-order valence-corrected chi connectivity index (χ3v) is 4.86. The fourth-order valence-corrected chi connectivity index (χ4v) is 3.53. The lowest BCUT2D eigenvalue weighted by Gasteiger charge is -2.09. The summed E-state index contributed by atoms with van der Waals surface area (Å²) >= 11 is 1.60. The van der Waals surface area contributed by atoms with E-state index < -0.39 is 5.97 Å². The van der Waals surface area contributed by atoms with Crippen molar-refractivity contribution in [3.05, 3.63) is 48.0 Å². The topological polar surface area (TPSA) is 77.5 Å². The van der Waals surface area contributed by atoms with Gasteiger partial charge in [0, 0.05) is 12.2 Å². The molecule has 2 aromatic carbocycles. The zero-order valence-electron chi connectivity index (χ0n) is 14.8. The second-order valence-corrected chi connectivity index (χ2v) is 7.29. The van der Waals surface area contributed by atoms with Crippen LogP contribution in [0.25, 0.3) is 10.2 Å². The van der Waals surface area contributed by atoms with Crippen molar-refractivity contribution in [1.82, 2.24) is 9.88 Å². The van der Waals surface area contributed by atoms with Crippen LogP contribution in [0.1, 0.15) is 16.8 Å². The van der Waals surface area contributed by atoms with Crippen molar-refractivity contribution in [2.45, 2.75) is 6.42 Å². The highest BCUT2D eigenvalue weighted by molar-refractivity contribution is 7.22. The van der Waals surface area contributed by atoms with Gasteiger partial charge in [0.15, 0.2) is 5.13 Å². The first-order valence-electron chi connectivity index (χ1n) is 8.41. The van der Waals surface area contributed by atoms with Gasteiger partial charge in [-0.1, -0.05) is 23.5 Å². The highest BCUT2D eigenvalue weighted by atomic mass is 32.1. The Labute approximate surface area is 156 Å². The van der Waals surface area contributed by atoms with Crippen molar-refractivity contribution in [2.75, 3.05) is 37.8 Å². The molecule has 1 heterocycles. The predicted octanol–water partition coefficient (Wildman–Crippen LogP) is 4.10. The lowest BCUT2D eigenvalue weighted by Crippen LogP contribution is -2.16. The van der Waals surface area contributed by atoms with Crippen LogP contribution in [0.4, 0.5) is 16.5 Å². The summed E-state index contributed by atoms with van der Waals surface area (Å²) in [4.78, 5) is 18.1. The first-order valence-corrected chi connectivity index (χ1v) is 9.23. The van der Waals surface area contributed by atoms with Gasteiger partial charge >= 0.3 is 5.97 Å². The molecule has 0 aliphatic carbocycles. The van der Waals surface area contributed by atoms with Gasteiger partial charge in [-0.25, -0.2) is 9.78 Å². The van der Waals surface area contributed by atoms with Crippen molar-refractivity contribution in [3.8, 4) is 0 Å².